The van der Waals surface area contributed by atoms with Crippen molar-refractivity contribution in [3.8, 4) is 0 Å². The molecular weight excluding hydrogens is 312 g/mol. The number of morpholine rings is 1. The van der Waals surface area contributed by atoms with Gasteiger partial charge < -0.3 is 9.64 Å². The number of piperidine rings is 1. The number of aryl methyl sites for hydroxylation is 2. The van der Waals surface area contributed by atoms with Crippen molar-refractivity contribution in [2.75, 3.05) is 39.4 Å². The van der Waals surface area contributed by atoms with E-state index in [1.54, 1.807) is 0 Å². The fraction of sp³-hybridized carbons (Fsp3) is 0.571. The highest BCUT2D eigenvalue weighted by Gasteiger charge is 2.26. The molecule has 4 nitrogen and oxygen atoms in total. The van der Waals surface area contributed by atoms with Crippen molar-refractivity contribution in [1.82, 2.24) is 9.80 Å². The molecule has 0 aliphatic carbocycles. The van der Waals surface area contributed by atoms with Crippen molar-refractivity contribution in [2.45, 2.75) is 39.2 Å². The van der Waals surface area contributed by atoms with E-state index in [4.69, 9.17) is 4.74 Å². The lowest BCUT2D eigenvalue weighted by molar-refractivity contribution is -0.136. The molecule has 0 radical (unpaired) electrons. The van der Waals surface area contributed by atoms with Crippen LogP contribution < -0.4 is 0 Å². The molecular formula is C21H30N2O2. The average molecular weight is 342 g/mol. The third kappa shape index (κ3) is 4.71. The van der Waals surface area contributed by atoms with Crippen LogP contribution in [-0.4, -0.2) is 61.1 Å². The number of carbonyl (C=O) groups excluding carboxylic acids is 1. The van der Waals surface area contributed by atoms with Crippen LogP contribution in [0, 0.1) is 13.8 Å². The summed E-state index contributed by atoms with van der Waals surface area (Å²) in [5.74, 6) is 0.262. The first-order chi connectivity index (χ1) is 12.1. The molecule has 0 aromatic heterocycles. The van der Waals surface area contributed by atoms with E-state index in [-0.39, 0.29) is 11.9 Å². The molecule has 0 N–H and O–H groups in total. The average Bonchev–Trinajstić information content (AvgIpc) is 2.62. The van der Waals surface area contributed by atoms with Gasteiger partial charge in [-0.05, 0) is 49.8 Å². The van der Waals surface area contributed by atoms with Gasteiger partial charge >= 0.3 is 0 Å². The maximum atomic E-state index is 12.8. The van der Waals surface area contributed by atoms with E-state index in [1.807, 2.05) is 0 Å². The summed E-state index contributed by atoms with van der Waals surface area (Å²) in [5.41, 5.74) is 3.87. The second-order valence-corrected chi connectivity index (χ2v) is 7.20. The minimum Gasteiger partial charge on any atom is -0.379 e. The first kappa shape index (κ1) is 18.2. The lowest BCUT2D eigenvalue weighted by Gasteiger charge is -2.36. The van der Waals surface area contributed by atoms with E-state index in [1.165, 1.54) is 23.1 Å². The minimum absolute atomic E-state index is 0.223. The molecule has 1 unspecified atom stereocenters. The minimum atomic E-state index is 0.223. The molecule has 0 spiro atoms. The largest absolute Gasteiger partial charge is 0.379 e. The normalized spacial score (nSPS) is 22.5. The van der Waals surface area contributed by atoms with Crippen molar-refractivity contribution in [2.24, 2.45) is 0 Å². The van der Waals surface area contributed by atoms with Crippen LogP contribution in [0.15, 0.2) is 24.3 Å². The number of nitrogens with zero attached hydrogens (tertiary/aromatic N) is 2. The zero-order valence-corrected chi connectivity index (χ0v) is 15.5. The lowest BCUT2D eigenvalue weighted by atomic mass is 9.98. The number of likely N-dealkylation sites (tertiary alicyclic amines) is 1. The molecule has 136 valence electrons. The second-order valence-electron chi connectivity index (χ2n) is 7.20. The fourth-order valence-electron chi connectivity index (χ4n) is 3.81. The molecule has 1 aromatic rings. The Morgan fingerprint density at radius 1 is 1.16 bits per heavy atom. The predicted octanol–water partition coefficient (Wildman–Crippen LogP) is 3.03. The monoisotopic (exact) mass is 342 g/mol. The summed E-state index contributed by atoms with van der Waals surface area (Å²) in [5, 5.41) is 0. The third-order valence-corrected chi connectivity index (χ3v) is 5.36. The Morgan fingerprint density at radius 2 is 1.88 bits per heavy atom. The SMILES string of the molecule is Cc1cccc(C)c1/C=C/C1CCCCN1C(=O)CN1CCOCC1. The topological polar surface area (TPSA) is 32.8 Å². The molecule has 1 amide bonds. The van der Waals surface area contributed by atoms with Gasteiger partial charge in [-0.1, -0.05) is 30.4 Å². The van der Waals surface area contributed by atoms with Gasteiger partial charge in [-0.15, -0.1) is 0 Å². The zero-order chi connectivity index (χ0) is 17.6. The number of benzene rings is 1. The fourth-order valence-corrected chi connectivity index (χ4v) is 3.81. The molecule has 2 heterocycles. The highest BCUT2D eigenvalue weighted by molar-refractivity contribution is 5.79. The Kier molecular flexibility index (Phi) is 6.27. The summed E-state index contributed by atoms with van der Waals surface area (Å²) < 4.78 is 5.38. The first-order valence-electron chi connectivity index (χ1n) is 9.49. The molecule has 2 saturated heterocycles. The summed E-state index contributed by atoms with van der Waals surface area (Å²) in [7, 11) is 0. The number of rotatable bonds is 4. The van der Waals surface area contributed by atoms with Gasteiger partial charge in [-0.3, -0.25) is 9.69 Å². The number of carbonyl (C=O) groups is 1. The van der Waals surface area contributed by atoms with E-state index in [2.05, 4.69) is 54.0 Å². The highest BCUT2D eigenvalue weighted by Crippen LogP contribution is 2.21. The van der Waals surface area contributed by atoms with E-state index in [0.717, 1.165) is 45.7 Å². The number of amides is 1. The van der Waals surface area contributed by atoms with Gasteiger partial charge in [-0.25, -0.2) is 0 Å². The van der Waals surface area contributed by atoms with Crippen molar-refractivity contribution >= 4 is 12.0 Å². The smallest absolute Gasteiger partial charge is 0.237 e. The van der Waals surface area contributed by atoms with Crippen LogP contribution in [0.4, 0.5) is 0 Å². The Balaban J connectivity index is 1.68. The van der Waals surface area contributed by atoms with Crippen molar-refractivity contribution in [3.05, 3.63) is 41.0 Å². The summed E-state index contributed by atoms with van der Waals surface area (Å²) >= 11 is 0. The highest BCUT2D eigenvalue weighted by atomic mass is 16.5. The maximum Gasteiger partial charge on any atom is 0.237 e. The van der Waals surface area contributed by atoms with Gasteiger partial charge in [0, 0.05) is 19.6 Å². The van der Waals surface area contributed by atoms with Gasteiger partial charge in [-0.2, -0.15) is 0 Å². The van der Waals surface area contributed by atoms with Gasteiger partial charge in [0.25, 0.3) is 0 Å². The second kappa shape index (κ2) is 8.63. The zero-order valence-electron chi connectivity index (χ0n) is 15.5. The van der Waals surface area contributed by atoms with E-state index >= 15 is 0 Å². The summed E-state index contributed by atoms with van der Waals surface area (Å²) in [6.45, 7) is 8.91. The van der Waals surface area contributed by atoms with E-state index in [0.29, 0.717) is 6.54 Å². The van der Waals surface area contributed by atoms with E-state index < -0.39 is 0 Å². The van der Waals surface area contributed by atoms with Crippen LogP contribution in [0.3, 0.4) is 0 Å². The molecule has 2 aliphatic heterocycles. The van der Waals surface area contributed by atoms with Crippen molar-refractivity contribution in [3.63, 3.8) is 0 Å². The molecule has 1 aromatic carbocycles. The van der Waals surface area contributed by atoms with Crippen LogP contribution >= 0.6 is 0 Å². The van der Waals surface area contributed by atoms with Gasteiger partial charge in [0.05, 0.1) is 25.8 Å². The molecule has 25 heavy (non-hydrogen) atoms. The molecule has 0 bridgehead atoms. The maximum absolute atomic E-state index is 12.8. The summed E-state index contributed by atoms with van der Waals surface area (Å²) in [4.78, 5) is 17.1. The molecule has 3 rings (SSSR count). The first-order valence-corrected chi connectivity index (χ1v) is 9.49. The molecule has 1 atom stereocenters. The molecule has 4 heteroatoms. The lowest BCUT2D eigenvalue weighted by Crippen LogP contribution is -2.49. The van der Waals surface area contributed by atoms with Gasteiger partial charge in [0.1, 0.15) is 0 Å². The molecule has 0 saturated carbocycles. The van der Waals surface area contributed by atoms with Crippen molar-refractivity contribution in [1.29, 1.82) is 0 Å². The Labute approximate surface area is 151 Å². The van der Waals surface area contributed by atoms with Crippen LogP contribution in [0.25, 0.3) is 6.08 Å². The number of ether oxygens (including phenoxy) is 1. The van der Waals surface area contributed by atoms with Crippen LogP contribution in [0.5, 0.6) is 0 Å². The number of hydrogen-bond donors (Lipinski definition) is 0. The standard InChI is InChI=1S/C21H30N2O2/c1-17-6-5-7-18(2)20(17)10-9-19-8-3-4-11-23(19)21(24)16-22-12-14-25-15-13-22/h5-7,9-10,19H,3-4,8,11-16H2,1-2H3/b10-9+. The van der Waals surface area contributed by atoms with Crippen LogP contribution in [0.2, 0.25) is 0 Å². The Hall–Kier alpha value is -1.65. The third-order valence-electron chi connectivity index (χ3n) is 5.36. The van der Waals surface area contributed by atoms with Gasteiger partial charge in [0.15, 0.2) is 0 Å². The Morgan fingerprint density at radius 3 is 2.60 bits per heavy atom. The van der Waals surface area contributed by atoms with Crippen LogP contribution in [-0.2, 0) is 9.53 Å². The Bertz CT molecular complexity index is 600. The van der Waals surface area contributed by atoms with Crippen LogP contribution in [0.1, 0.15) is 36.0 Å². The number of hydrogen-bond acceptors (Lipinski definition) is 3. The molecule has 2 aliphatic rings. The summed E-state index contributed by atoms with van der Waals surface area (Å²) in [6.07, 6.45) is 7.84. The van der Waals surface area contributed by atoms with Gasteiger partial charge in [0.2, 0.25) is 5.91 Å². The molecule has 2 fully saturated rings. The van der Waals surface area contributed by atoms with E-state index in [9.17, 15) is 4.79 Å². The van der Waals surface area contributed by atoms with Crippen molar-refractivity contribution < 1.29 is 9.53 Å². The quantitative estimate of drug-likeness (QED) is 0.843. The summed E-state index contributed by atoms with van der Waals surface area (Å²) in [6, 6.07) is 6.62. The predicted molar refractivity (Wildman–Crippen MR) is 102 cm³/mol.